The van der Waals surface area contributed by atoms with E-state index in [9.17, 15) is 14.7 Å². The topological polar surface area (TPSA) is 79.3 Å². The van der Waals surface area contributed by atoms with E-state index in [-0.39, 0.29) is 24.4 Å². The van der Waals surface area contributed by atoms with E-state index in [1.54, 1.807) is 4.90 Å². The third-order valence-corrected chi connectivity index (χ3v) is 6.58. The van der Waals surface area contributed by atoms with E-state index in [4.69, 9.17) is 9.31 Å². The van der Waals surface area contributed by atoms with Gasteiger partial charge in [0.15, 0.2) is 0 Å². The molecule has 2 aliphatic heterocycles. The van der Waals surface area contributed by atoms with Gasteiger partial charge in [-0.3, -0.25) is 9.69 Å². The van der Waals surface area contributed by atoms with Gasteiger partial charge in [-0.05, 0) is 45.6 Å². The smallest absolute Gasteiger partial charge is 0.465 e. The molecular weight excluding hydrogens is 383 g/mol. The number of rotatable bonds is 3. The molecule has 0 aliphatic carbocycles. The van der Waals surface area contributed by atoms with E-state index in [1.807, 2.05) is 72.7 Å². The molecule has 1 aromatic carbocycles. The number of carbonyl (C=O) groups is 2. The summed E-state index contributed by atoms with van der Waals surface area (Å²) < 4.78 is 12.3. The second-order valence-corrected chi connectivity index (χ2v) is 9.70. The van der Waals surface area contributed by atoms with Crippen molar-refractivity contribution in [3.63, 3.8) is 0 Å². The maximum Gasteiger partial charge on any atom is 0.494 e. The molecule has 2 aliphatic rings. The Bertz CT molecular complexity index is 810. The standard InChI is InChI=1S/C22H33BN2O5/c1-14(2)19(26)24-13-18(25(20(27)28)12-15(24)3)16-9-8-10-17(11-16)23-29-21(4,5)22(6,7)30-23/h8-11,14-15,18H,12-13H2,1-7H3,(H,27,28)/t15-,18-/m1/s1. The zero-order valence-electron chi connectivity index (χ0n) is 19.0. The van der Waals surface area contributed by atoms with Gasteiger partial charge < -0.3 is 19.3 Å². The van der Waals surface area contributed by atoms with Gasteiger partial charge in [-0.15, -0.1) is 0 Å². The van der Waals surface area contributed by atoms with Crippen molar-refractivity contribution in [3.05, 3.63) is 29.8 Å². The Hall–Kier alpha value is -2.06. The summed E-state index contributed by atoms with van der Waals surface area (Å²) in [5, 5.41) is 9.81. The number of hydrogen-bond donors (Lipinski definition) is 1. The van der Waals surface area contributed by atoms with Crippen LogP contribution in [0.1, 0.15) is 60.1 Å². The minimum atomic E-state index is -0.982. The summed E-state index contributed by atoms with van der Waals surface area (Å²) in [5.41, 5.74) is 0.762. The first-order valence-electron chi connectivity index (χ1n) is 10.6. The minimum absolute atomic E-state index is 0.0413. The average molecular weight is 416 g/mol. The first kappa shape index (κ1) is 22.6. The molecule has 0 unspecified atom stereocenters. The van der Waals surface area contributed by atoms with Crippen molar-refractivity contribution in [3.8, 4) is 0 Å². The Morgan fingerprint density at radius 2 is 1.70 bits per heavy atom. The molecule has 1 N–H and O–H groups in total. The Morgan fingerprint density at radius 1 is 1.10 bits per heavy atom. The van der Waals surface area contributed by atoms with Gasteiger partial charge in [0.2, 0.25) is 5.91 Å². The van der Waals surface area contributed by atoms with Crippen LogP contribution in [0.5, 0.6) is 0 Å². The van der Waals surface area contributed by atoms with Crippen LogP contribution >= 0.6 is 0 Å². The highest BCUT2D eigenvalue weighted by atomic mass is 16.7. The predicted octanol–water partition coefficient (Wildman–Crippen LogP) is 2.89. The molecule has 0 aromatic heterocycles. The fraction of sp³-hybridized carbons (Fsp3) is 0.636. The molecule has 164 valence electrons. The van der Waals surface area contributed by atoms with Crippen LogP contribution < -0.4 is 5.46 Å². The summed E-state index contributed by atoms with van der Waals surface area (Å²) in [5.74, 6) is -0.0970. The molecular formula is C22H33BN2O5. The van der Waals surface area contributed by atoms with E-state index in [1.165, 1.54) is 4.90 Å². The third kappa shape index (κ3) is 4.07. The first-order valence-corrected chi connectivity index (χ1v) is 10.6. The summed E-state index contributed by atoms with van der Waals surface area (Å²) in [6.07, 6.45) is -0.982. The van der Waals surface area contributed by atoms with Crippen LogP contribution in [0, 0.1) is 5.92 Å². The Kier molecular flexibility index (Phi) is 5.95. The molecule has 0 saturated carbocycles. The van der Waals surface area contributed by atoms with Gasteiger partial charge in [0.25, 0.3) is 0 Å². The van der Waals surface area contributed by atoms with Gasteiger partial charge in [-0.1, -0.05) is 38.1 Å². The number of carboxylic acid groups (broad SMARTS) is 1. The van der Waals surface area contributed by atoms with Gasteiger partial charge in [-0.25, -0.2) is 4.79 Å². The molecule has 7 nitrogen and oxygen atoms in total. The van der Waals surface area contributed by atoms with Crippen LogP contribution in [0.15, 0.2) is 24.3 Å². The highest BCUT2D eigenvalue weighted by molar-refractivity contribution is 6.62. The molecule has 0 radical (unpaired) electrons. The number of carbonyl (C=O) groups excluding carboxylic acids is 1. The van der Waals surface area contributed by atoms with E-state index in [0.717, 1.165) is 11.0 Å². The second-order valence-electron chi connectivity index (χ2n) is 9.70. The van der Waals surface area contributed by atoms with Gasteiger partial charge in [-0.2, -0.15) is 0 Å². The second kappa shape index (κ2) is 7.89. The van der Waals surface area contributed by atoms with Crippen LogP contribution in [-0.4, -0.2) is 64.4 Å². The van der Waals surface area contributed by atoms with Crippen LogP contribution in [0.4, 0.5) is 4.79 Å². The molecule has 2 saturated heterocycles. The molecule has 0 spiro atoms. The molecule has 30 heavy (non-hydrogen) atoms. The van der Waals surface area contributed by atoms with Crippen molar-refractivity contribution in [1.82, 2.24) is 9.80 Å². The van der Waals surface area contributed by atoms with E-state index < -0.39 is 30.5 Å². The molecule has 8 heteroatoms. The maximum atomic E-state index is 12.7. The van der Waals surface area contributed by atoms with E-state index >= 15 is 0 Å². The van der Waals surface area contributed by atoms with Crippen molar-refractivity contribution in [1.29, 1.82) is 0 Å². The highest BCUT2D eigenvalue weighted by Crippen LogP contribution is 2.37. The quantitative estimate of drug-likeness (QED) is 0.767. The van der Waals surface area contributed by atoms with E-state index in [2.05, 4.69) is 0 Å². The number of hydrogen-bond acceptors (Lipinski definition) is 4. The maximum absolute atomic E-state index is 12.7. The zero-order valence-corrected chi connectivity index (χ0v) is 19.0. The fourth-order valence-electron chi connectivity index (χ4n) is 4.00. The molecule has 1 aromatic rings. The van der Waals surface area contributed by atoms with Gasteiger partial charge in [0.1, 0.15) is 0 Å². The van der Waals surface area contributed by atoms with E-state index in [0.29, 0.717) is 6.54 Å². The predicted molar refractivity (Wildman–Crippen MR) is 116 cm³/mol. The lowest BCUT2D eigenvalue weighted by atomic mass is 9.77. The lowest BCUT2D eigenvalue weighted by Crippen LogP contribution is -2.57. The summed E-state index contributed by atoms with van der Waals surface area (Å²) in [7, 11) is -0.524. The SMILES string of the molecule is CC(C)C(=O)N1C[C@H](c2cccc(B3OC(C)(C)C(C)(C)O3)c2)N(C(=O)O)C[C@H]1C. The molecule has 3 rings (SSSR count). The number of amides is 2. The Labute approximate surface area is 179 Å². The first-order chi connectivity index (χ1) is 13.8. The van der Waals surface area contributed by atoms with Gasteiger partial charge in [0, 0.05) is 25.0 Å². The summed E-state index contributed by atoms with van der Waals surface area (Å²) >= 11 is 0. The number of piperazine rings is 1. The van der Waals surface area contributed by atoms with Crippen molar-refractivity contribution < 1.29 is 24.0 Å². The lowest BCUT2D eigenvalue weighted by molar-refractivity contribution is -0.140. The van der Waals surface area contributed by atoms with Crippen LogP contribution in [0.3, 0.4) is 0 Å². The molecule has 2 fully saturated rings. The third-order valence-electron chi connectivity index (χ3n) is 6.58. The van der Waals surface area contributed by atoms with Crippen LogP contribution in [0.2, 0.25) is 0 Å². The average Bonchev–Trinajstić information content (AvgIpc) is 2.88. The normalized spacial score (nSPS) is 25.7. The van der Waals surface area contributed by atoms with Crippen LogP contribution in [-0.2, 0) is 14.1 Å². The molecule has 2 heterocycles. The molecule has 0 bridgehead atoms. The minimum Gasteiger partial charge on any atom is -0.465 e. The van der Waals surface area contributed by atoms with Crippen molar-refractivity contribution in [2.75, 3.05) is 13.1 Å². The molecule has 2 amide bonds. The van der Waals surface area contributed by atoms with Gasteiger partial charge >= 0.3 is 13.2 Å². The van der Waals surface area contributed by atoms with Crippen molar-refractivity contribution >= 4 is 24.6 Å². The fourth-order valence-corrected chi connectivity index (χ4v) is 4.00. The van der Waals surface area contributed by atoms with Crippen molar-refractivity contribution in [2.24, 2.45) is 5.92 Å². The number of benzene rings is 1. The summed E-state index contributed by atoms with van der Waals surface area (Å²) in [4.78, 5) is 27.9. The zero-order chi connectivity index (χ0) is 22.4. The Morgan fingerprint density at radius 3 is 2.23 bits per heavy atom. The Balaban J connectivity index is 1.92. The van der Waals surface area contributed by atoms with Crippen molar-refractivity contribution in [2.45, 2.75) is 71.8 Å². The lowest BCUT2D eigenvalue weighted by Gasteiger charge is -2.45. The number of nitrogens with zero attached hydrogens (tertiary/aromatic N) is 2. The summed E-state index contributed by atoms with van der Waals surface area (Å²) in [6.45, 7) is 14.2. The van der Waals surface area contributed by atoms with Crippen LogP contribution in [0.25, 0.3) is 0 Å². The summed E-state index contributed by atoms with van der Waals surface area (Å²) in [6, 6.07) is 7.06. The monoisotopic (exact) mass is 416 g/mol. The largest absolute Gasteiger partial charge is 0.494 e. The highest BCUT2D eigenvalue weighted by Gasteiger charge is 2.51. The molecule has 2 atom stereocenters. The van der Waals surface area contributed by atoms with Gasteiger partial charge in [0.05, 0.1) is 17.2 Å².